The molecular formula is C24H23F4N3O. The molecule has 8 heteroatoms. The van der Waals surface area contributed by atoms with Crippen molar-refractivity contribution in [3.63, 3.8) is 0 Å². The Morgan fingerprint density at radius 2 is 1.81 bits per heavy atom. The second-order valence-corrected chi connectivity index (χ2v) is 7.50. The predicted octanol–water partition coefficient (Wildman–Crippen LogP) is 5.21. The number of hydrogen-bond acceptors (Lipinski definition) is 3. The number of alkyl halides is 3. The number of aromatic nitrogens is 1. The number of nitrogens with zero attached hydrogens (tertiary/aromatic N) is 2. The third kappa shape index (κ3) is 5.63. The number of pyridine rings is 1. The Hall–Kier alpha value is -3.42. The lowest BCUT2D eigenvalue weighted by molar-refractivity contribution is -0.141. The molecule has 168 valence electrons. The smallest absolute Gasteiger partial charge is 0.368 e. The number of aryl methyl sites for hydroxylation is 2. The first-order chi connectivity index (χ1) is 15.2. The lowest BCUT2D eigenvalue weighted by Crippen LogP contribution is -2.39. The summed E-state index contributed by atoms with van der Waals surface area (Å²) in [5, 5.41) is 0. The maximum atomic E-state index is 13.8. The van der Waals surface area contributed by atoms with Crippen molar-refractivity contribution in [1.82, 2.24) is 4.98 Å². The Bertz CT molecular complexity index is 1050. The highest BCUT2D eigenvalue weighted by Crippen LogP contribution is 2.30. The summed E-state index contributed by atoms with van der Waals surface area (Å²) < 4.78 is 52.0. The lowest BCUT2D eigenvalue weighted by atomic mass is 10.0. The predicted molar refractivity (Wildman–Crippen MR) is 114 cm³/mol. The summed E-state index contributed by atoms with van der Waals surface area (Å²) in [5.74, 6) is -0.922. The molecule has 0 spiro atoms. The van der Waals surface area contributed by atoms with E-state index in [4.69, 9.17) is 5.73 Å². The van der Waals surface area contributed by atoms with E-state index in [0.29, 0.717) is 41.8 Å². The highest BCUT2D eigenvalue weighted by molar-refractivity contribution is 5.85. The first-order valence-electron chi connectivity index (χ1n) is 10.1. The molecule has 0 fully saturated rings. The summed E-state index contributed by atoms with van der Waals surface area (Å²) >= 11 is 0. The molecule has 1 aromatic heterocycles. The van der Waals surface area contributed by atoms with Crippen LogP contribution in [0.1, 0.15) is 34.8 Å². The van der Waals surface area contributed by atoms with Crippen molar-refractivity contribution < 1.29 is 22.4 Å². The van der Waals surface area contributed by atoms with Crippen molar-refractivity contribution in [3.05, 3.63) is 95.1 Å². The average Bonchev–Trinajstić information content (AvgIpc) is 2.75. The molecule has 0 aliphatic heterocycles. The van der Waals surface area contributed by atoms with Crippen LogP contribution in [-0.4, -0.2) is 17.4 Å². The molecule has 0 bridgehead atoms. The van der Waals surface area contributed by atoms with Gasteiger partial charge in [0.2, 0.25) is 5.91 Å². The summed E-state index contributed by atoms with van der Waals surface area (Å²) in [6, 6.07) is 15.1. The Balaban J connectivity index is 1.84. The Kier molecular flexibility index (Phi) is 7.12. The number of hydrogen-bond donors (Lipinski definition) is 1. The quantitative estimate of drug-likeness (QED) is 0.484. The van der Waals surface area contributed by atoms with Gasteiger partial charge in [-0.1, -0.05) is 36.4 Å². The van der Waals surface area contributed by atoms with Crippen LogP contribution in [0.15, 0.2) is 66.9 Å². The largest absolute Gasteiger partial charge is 0.433 e. The van der Waals surface area contributed by atoms with Crippen LogP contribution in [0.4, 0.5) is 23.2 Å². The monoisotopic (exact) mass is 445 g/mol. The second kappa shape index (κ2) is 9.80. The van der Waals surface area contributed by atoms with E-state index < -0.39 is 23.8 Å². The fourth-order valence-corrected chi connectivity index (χ4v) is 3.54. The van der Waals surface area contributed by atoms with Crippen LogP contribution in [0.25, 0.3) is 0 Å². The van der Waals surface area contributed by atoms with Gasteiger partial charge in [0.25, 0.3) is 0 Å². The zero-order valence-electron chi connectivity index (χ0n) is 17.4. The van der Waals surface area contributed by atoms with Crippen molar-refractivity contribution in [2.45, 2.75) is 32.0 Å². The number of rotatable bonds is 8. The van der Waals surface area contributed by atoms with E-state index in [2.05, 4.69) is 4.98 Å². The topological polar surface area (TPSA) is 59.2 Å². The van der Waals surface area contributed by atoms with Crippen LogP contribution in [0, 0.1) is 12.7 Å². The average molecular weight is 445 g/mol. The number of carbonyl (C=O) groups is 1. The van der Waals surface area contributed by atoms with Crippen molar-refractivity contribution in [3.8, 4) is 0 Å². The van der Waals surface area contributed by atoms with E-state index in [1.54, 1.807) is 48.2 Å². The highest BCUT2D eigenvalue weighted by atomic mass is 19.4. The van der Waals surface area contributed by atoms with E-state index in [1.807, 2.05) is 6.07 Å². The number of nitrogens with two attached hydrogens (primary N) is 1. The van der Waals surface area contributed by atoms with E-state index in [0.717, 1.165) is 6.07 Å². The Labute approximate surface area is 183 Å². The van der Waals surface area contributed by atoms with Crippen molar-refractivity contribution >= 4 is 11.6 Å². The van der Waals surface area contributed by atoms with Gasteiger partial charge in [-0.2, -0.15) is 13.2 Å². The van der Waals surface area contributed by atoms with Crippen LogP contribution in [-0.2, 0) is 17.4 Å². The Morgan fingerprint density at radius 1 is 1.09 bits per heavy atom. The molecule has 3 aromatic rings. The molecule has 1 heterocycles. The SMILES string of the molecule is Cc1cc(N(CCCc2ccc(C(F)(F)F)nc2)[C@@H](C(N)=O)c2ccccc2)ccc1F. The van der Waals surface area contributed by atoms with E-state index in [9.17, 15) is 22.4 Å². The van der Waals surface area contributed by atoms with E-state index in [-0.39, 0.29) is 5.82 Å². The zero-order chi connectivity index (χ0) is 23.3. The highest BCUT2D eigenvalue weighted by Gasteiger charge is 2.32. The summed E-state index contributed by atoms with van der Waals surface area (Å²) in [4.78, 5) is 17.7. The molecule has 2 N–H and O–H groups in total. The van der Waals surface area contributed by atoms with E-state index >= 15 is 0 Å². The fourth-order valence-electron chi connectivity index (χ4n) is 3.54. The number of anilines is 1. The zero-order valence-corrected chi connectivity index (χ0v) is 17.4. The molecule has 0 unspecified atom stereocenters. The number of amides is 1. The molecule has 1 atom stereocenters. The van der Waals surface area contributed by atoms with Gasteiger partial charge in [-0.15, -0.1) is 0 Å². The molecule has 1 amide bonds. The molecule has 0 saturated heterocycles. The minimum Gasteiger partial charge on any atom is -0.368 e. The van der Waals surface area contributed by atoms with Gasteiger partial charge in [0, 0.05) is 18.4 Å². The lowest BCUT2D eigenvalue weighted by Gasteiger charge is -2.32. The summed E-state index contributed by atoms with van der Waals surface area (Å²) in [5.41, 5.74) is 7.19. The molecular weight excluding hydrogens is 422 g/mol. The number of halogens is 4. The molecule has 4 nitrogen and oxygen atoms in total. The summed E-state index contributed by atoms with van der Waals surface area (Å²) in [6.45, 7) is 2.00. The van der Waals surface area contributed by atoms with Gasteiger partial charge < -0.3 is 10.6 Å². The van der Waals surface area contributed by atoms with Gasteiger partial charge in [-0.3, -0.25) is 9.78 Å². The van der Waals surface area contributed by atoms with Gasteiger partial charge in [0.05, 0.1) is 0 Å². The number of benzene rings is 2. The first-order valence-corrected chi connectivity index (χ1v) is 10.1. The third-order valence-corrected chi connectivity index (χ3v) is 5.15. The van der Waals surface area contributed by atoms with Gasteiger partial charge in [0.1, 0.15) is 17.6 Å². The van der Waals surface area contributed by atoms with Crippen LogP contribution < -0.4 is 10.6 Å². The minimum absolute atomic E-state index is 0.361. The molecule has 0 saturated carbocycles. The molecule has 3 rings (SSSR count). The first kappa shape index (κ1) is 23.2. The van der Waals surface area contributed by atoms with Gasteiger partial charge >= 0.3 is 6.18 Å². The Morgan fingerprint density at radius 3 is 2.38 bits per heavy atom. The maximum Gasteiger partial charge on any atom is 0.433 e. The molecule has 2 aromatic carbocycles. The summed E-state index contributed by atoms with van der Waals surface area (Å²) in [6.07, 6.45) is -2.32. The number of carbonyl (C=O) groups excluding carboxylic acids is 1. The standard InChI is InChI=1S/C24H23F4N3O/c1-16-14-19(10-11-20(16)25)31(22(23(29)32)18-7-3-2-4-8-18)13-5-6-17-9-12-21(30-15-17)24(26,27)28/h2-4,7-12,14-15,22H,5-6,13H2,1H3,(H2,29,32)/t22-/m1/s1. The maximum absolute atomic E-state index is 13.8. The van der Waals surface area contributed by atoms with E-state index in [1.165, 1.54) is 18.3 Å². The van der Waals surface area contributed by atoms with Gasteiger partial charge in [-0.25, -0.2) is 4.39 Å². The van der Waals surface area contributed by atoms with Crippen LogP contribution in [0.3, 0.4) is 0 Å². The molecule has 0 aliphatic rings. The third-order valence-electron chi connectivity index (χ3n) is 5.15. The van der Waals surface area contributed by atoms with Crippen LogP contribution in [0.2, 0.25) is 0 Å². The summed E-state index contributed by atoms with van der Waals surface area (Å²) in [7, 11) is 0. The fraction of sp³-hybridized carbons (Fsp3) is 0.250. The molecule has 0 radical (unpaired) electrons. The van der Waals surface area contributed by atoms with Crippen LogP contribution >= 0.6 is 0 Å². The van der Waals surface area contributed by atoms with Crippen molar-refractivity contribution in [2.24, 2.45) is 5.73 Å². The normalized spacial score (nSPS) is 12.4. The second-order valence-electron chi connectivity index (χ2n) is 7.50. The minimum atomic E-state index is -4.49. The number of primary amides is 1. The van der Waals surface area contributed by atoms with Gasteiger partial charge in [-0.05, 0) is 60.7 Å². The van der Waals surface area contributed by atoms with Crippen LogP contribution in [0.5, 0.6) is 0 Å². The van der Waals surface area contributed by atoms with Crippen molar-refractivity contribution in [1.29, 1.82) is 0 Å². The van der Waals surface area contributed by atoms with Gasteiger partial charge in [0.15, 0.2) is 0 Å². The van der Waals surface area contributed by atoms with Crippen molar-refractivity contribution in [2.75, 3.05) is 11.4 Å². The molecule has 0 aliphatic carbocycles. The molecule has 32 heavy (non-hydrogen) atoms.